The molecule has 15 heavy (non-hydrogen) atoms. The van der Waals surface area contributed by atoms with E-state index in [-0.39, 0.29) is 0 Å². The third-order valence-corrected chi connectivity index (χ3v) is 2.85. The van der Waals surface area contributed by atoms with Gasteiger partial charge in [-0.15, -0.1) is 0 Å². The van der Waals surface area contributed by atoms with Crippen LogP contribution in [0.4, 0.5) is 0 Å². The Balaban J connectivity index is 1.91. The Labute approximate surface area is 94.2 Å². The van der Waals surface area contributed by atoms with Crippen LogP contribution in [0.15, 0.2) is 0 Å². The van der Waals surface area contributed by atoms with Crippen LogP contribution in [-0.4, -0.2) is 50.8 Å². The van der Waals surface area contributed by atoms with Crippen molar-refractivity contribution in [3.05, 3.63) is 0 Å². The van der Waals surface area contributed by atoms with Crippen LogP contribution in [0.1, 0.15) is 26.7 Å². The molecule has 0 radical (unpaired) electrons. The van der Waals surface area contributed by atoms with Gasteiger partial charge < -0.3 is 15.0 Å². The quantitative estimate of drug-likeness (QED) is 0.675. The Hall–Kier alpha value is -0.120. The van der Waals surface area contributed by atoms with Crippen molar-refractivity contribution in [2.45, 2.75) is 32.7 Å². The number of likely N-dealkylation sites (tertiary alicyclic amines) is 1. The fourth-order valence-electron chi connectivity index (χ4n) is 1.87. The lowest BCUT2D eigenvalue weighted by molar-refractivity contribution is 0.107. The molecule has 1 aliphatic rings. The highest BCUT2D eigenvalue weighted by atomic mass is 16.5. The maximum Gasteiger partial charge on any atom is 0.0591 e. The van der Waals surface area contributed by atoms with Gasteiger partial charge in [-0.05, 0) is 38.9 Å². The molecule has 1 aliphatic heterocycles. The number of hydrogen-bond donors (Lipinski definition) is 1. The van der Waals surface area contributed by atoms with Crippen LogP contribution in [0.5, 0.6) is 0 Å². The van der Waals surface area contributed by atoms with E-state index in [1.54, 1.807) is 0 Å². The van der Waals surface area contributed by atoms with Crippen LogP contribution in [0.3, 0.4) is 0 Å². The summed E-state index contributed by atoms with van der Waals surface area (Å²) in [6.07, 6.45) is 2.56. The molecular weight excluding hydrogens is 188 g/mol. The number of rotatable bonds is 6. The summed E-state index contributed by atoms with van der Waals surface area (Å²) in [5.74, 6) is 0.647. The second-order valence-corrected chi connectivity index (χ2v) is 5.00. The number of hydrogen-bond acceptors (Lipinski definition) is 3. The molecule has 1 rings (SSSR count). The third kappa shape index (κ3) is 6.13. The molecule has 0 aromatic rings. The van der Waals surface area contributed by atoms with E-state index in [4.69, 9.17) is 4.74 Å². The van der Waals surface area contributed by atoms with Crippen LogP contribution >= 0.6 is 0 Å². The molecule has 0 unspecified atom stereocenters. The van der Waals surface area contributed by atoms with Crippen LogP contribution < -0.4 is 5.32 Å². The van der Waals surface area contributed by atoms with Crippen LogP contribution in [0, 0.1) is 5.92 Å². The molecule has 0 spiro atoms. The van der Waals surface area contributed by atoms with E-state index in [9.17, 15) is 0 Å². The van der Waals surface area contributed by atoms with E-state index in [0.29, 0.717) is 12.0 Å². The summed E-state index contributed by atoms with van der Waals surface area (Å²) in [5.41, 5.74) is 0. The molecule has 0 aromatic heterocycles. The van der Waals surface area contributed by atoms with E-state index in [1.165, 1.54) is 25.9 Å². The molecule has 0 bridgehead atoms. The maximum atomic E-state index is 5.53. The van der Waals surface area contributed by atoms with Crippen molar-refractivity contribution >= 4 is 0 Å². The van der Waals surface area contributed by atoms with Gasteiger partial charge in [-0.2, -0.15) is 0 Å². The van der Waals surface area contributed by atoms with Crippen LogP contribution in [-0.2, 0) is 4.74 Å². The zero-order chi connectivity index (χ0) is 11.1. The summed E-state index contributed by atoms with van der Waals surface area (Å²) >= 11 is 0. The van der Waals surface area contributed by atoms with Crippen LogP contribution in [0.25, 0.3) is 0 Å². The summed E-state index contributed by atoms with van der Waals surface area (Å²) in [6.45, 7) is 9.56. The lowest BCUT2D eigenvalue weighted by atomic mass is 10.1. The van der Waals surface area contributed by atoms with Crippen molar-refractivity contribution in [3.8, 4) is 0 Å². The first-order chi connectivity index (χ1) is 7.18. The van der Waals surface area contributed by atoms with Gasteiger partial charge in [0.1, 0.15) is 0 Å². The van der Waals surface area contributed by atoms with E-state index in [2.05, 4.69) is 31.1 Å². The SMILES string of the molecule is CC(C)COCCNC1CCN(C)CC1. The molecule has 3 heteroatoms. The number of piperidine rings is 1. The summed E-state index contributed by atoms with van der Waals surface area (Å²) in [6, 6.07) is 0.712. The van der Waals surface area contributed by atoms with Gasteiger partial charge >= 0.3 is 0 Å². The molecule has 1 fully saturated rings. The fraction of sp³-hybridized carbons (Fsp3) is 1.00. The van der Waals surface area contributed by atoms with Gasteiger partial charge in [-0.1, -0.05) is 13.8 Å². The van der Waals surface area contributed by atoms with Gasteiger partial charge in [-0.25, -0.2) is 0 Å². The highest BCUT2D eigenvalue weighted by molar-refractivity contribution is 4.74. The van der Waals surface area contributed by atoms with Crippen molar-refractivity contribution < 1.29 is 4.74 Å². The Morgan fingerprint density at radius 2 is 2.00 bits per heavy atom. The van der Waals surface area contributed by atoms with Gasteiger partial charge in [0.25, 0.3) is 0 Å². The average Bonchev–Trinajstić information content (AvgIpc) is 2.20. The maximum absolute atomic E-state index is 5.53. The Kier molecular flexibility index (Phi) is 6.22. The first-order valence-electron chi connectivity index (χ1n) is 6.18. The number of ether oxygens (including phenoxy) is 1. The van der Waals surface area contributed by atoms with E-state index in [1.807, 2.05) is 0 Å². The van der Waals surface area contributed by atoms with E-state index < -0.39 is 0 Å². The van der Waals surface area contributed by atoms with Crippen molar-refractivity contribution in [1.29, 1.82) is 0 Å². The minimum Gasteiger partial charge on any atom is -0.380 e. The smallest absolute Gasteiger partial charge is 0.0591 e. The zero-order valence-corrected chi connectivity index (χ0v) is 10.5. The van der Waals surface area contributed by atoms with E-state index >= 15 is 0 Å². The van der Waals surface area contributed by atoms with Gasteiger partial charge in [0.2, 0.25) is 0 Å². The fourth-order valence-corrected chi connectivity index (χ4v) is 1.87. The van der Waals surface area contributed by atoms with Crippen LogP contribution in [0.2, 0.25) is 0 Å². The highest BCUT2D eigenvalue weighted by Crippen LogP contribution is 2.07. The summed E-state index contributed by atoms with van der Waals surface area (Å²) in [5, 5.41) is 3.56. The standard InChI is InChI=1S/C12H26N2O/c1-11(2)10-15-9-6-13-12-4-7-14(3)8-5-12/h11-13H,4-10H2,1-3H3. The van der Waals surface area contributed by atoms with Crippen molar-refractivity contribution in [1.82, 2.24) is 10.2 Å². The molecule has 1 heterocycles. The third-order valence-electron chi connectivity index (χ3n) is 2.85. The number of nitrogens with one attached hydrogen (secondary N) is 1. The molecular formula is C12H26N2O. The normalized spacial score (nSPS) is 20.0. The molecule has 90 valence electrons. The largest absolute Gasteiger partial charge is 0.380 e. The predicted molar refractivity (Wildman–Crippen MR) is 64.2 cm³/mol. The van der Waals surface area contributed by atoms with Gasteiger partial charge in [-0.3, -0.25) is 0 Å². The number of nitrogens with zero attached hydrogens (tertiary/aromatic N) is 1. The molecule has 0 amide bonds. The van der Waals surface area contributed by atoms with Gasteiger partial charge in [0.05, 0.1) is 6.61 Å². The lowest BCUT2D eigenvalue weighted by Gasteiger charge is -2.29. The molecule has 1 saturated heterocycles. The zero-order valence-electron chi connectivity index (χ0n) is 10.5. The summed E-state index contributed by atoms with van der Waals surface area (Å²) in [7, 11) is 2.20. The van der Waals surface area contributed by atoms with Crippen molar-refractivity contribution in [2.75, 3.05) is 39.9 Å². The van der Waals surface area contributed by atoms with Gasteiger partial charge in [0.15, 0.2) is 0 Å². The second-order valence-electron chi connectivity index (χ2n) is 5.00. The topological polar surface area (TPSA) is 24.5 Å². The minimum absolute atomic E-state index is 0.647. The Bertz CT molecular complexity index is 154. The first-order valence-corrected chi connectivity index (χ1v) is 6.18. The second kappa shape index (κ2) is 7.20. The highest BCUT2D eigenvalue weighted by Gasteiger charge is 2.15. The molecule has 0 aliphatic carbocycles. The van der Waals surface area contributed by atoms with Gasteiger partial charge in [0, 0.05) is 19.2 Å². The predicted octanol–water partition coefficient (Wildman–Crippen LogP) is 1.34. The summed E-state index contributed by atoms with van der Waals surface area (Å²) in [4.78, 5) is 2.40. The molecule has 0 atom stereocenters. The summed E-state index contributed by atoms with van der Waals surface area (Å²) < 4.78 is 5.53. The first kappa shape index (κ1) is 12.9. The molecule has 0 aromatic carbocycles. The average molecular weight is 214 g/mol. The van der Waals surface area contributed by atoms with E-state index in [0.717, 1.165) is 19.8 Å². The van der Waals surface area contributed by atoms with Crippen molar-refractivity contribution in [3.63, 3.8) is 0 Å². The minimum atomic E-state index is 0.647. The monoisotopic (exact) mass is 214 g/mol. The molecule has 3 nitrogen and oxygen atoms in total. The Morgan fingerprint density at radius 3 is 2.60 bits per heavy atom. The lowest BCUT2D eigenvalue weighted by Crippen LogP contribution is -2.41. The van der Waals surface area contributed by atoms with Crippen molar-refractivity contribution in [2.24, 2.45) is 5.92 Å². The molecule has 1 N–H and O–H groups in total. The molecule has 0 saturated carbocycles. The Morgan fingerprint density at radius 1 is 1.33 bits per heavy atom.